The first kappa shape index (κ1) is 16.5. The minimum atomic E-state index is -0.151. The van der Waals surface area contributed by atoms with Crippen LogP contribution in [0.5, 0.6) is 0 Å². The fraction of sp³-hybridized carbons (Fsp3) is 0.938. The predicted molar refractivity (Wildman–Crippen MR) is 81.0 cm³/mol. The van der Waals surface area contributed by atoms with Gasteiger partial charge in [-0.05, 0) is 59.2 Å². The lowest BCUT2D eigenvalue weighted by Crippen LogP contribution is -2.43. The van der Waals surface area contributed by atoms with Crippen molar-refractivity contribution < 1.29 is 0 Å². The molecule has 1 heterocycles. The molecular weight excluding hydrogens is 234 g/mol. The Labute approximate surface area is 119 Å². The molecule has 0 radical (unpaired) electrons. The van der Waals surface area contributed by atoms with Gasteiger partial charge >= 0.3 is 0 Å². The van der Waals surface area contributed by atoms with Gasteiger partial charge in [0, 0.05) is 12.6 Å². The van der Waals surface area contributed by atoms with Crippen molar-refractivity contribution in [2.45, 2.75) is 65.3 Å². The Morgan fingerprint density at radius 2 is 2.11 bits per heavy atom. The lowest BCUT2D eigenvalue weighted by Gasteiger charge is -2.30. The summed E-state index contributed by atoms with van der Waals surface area (Å²) in [6.07, 6.45) is 7.44. The molecule has 1 aliphatic rings. The summed E-state index contributed by atoms with van der Waals surface area (Å²) in [4.78, 5) is 2.56. The number of piperidine rings is 1. The van der Waals surface area contributed by atoms with E-state index in [9.17, 15) is 0 Å². The van der Waals surface area contributed by atoms with Crippen LogP contribution in [-0.4, -0.2) is 37.1 Å². The molecule has 0 aliphatic carbocycles. The lowest BCUT2D eigenvalue weighted by atomic mass is 9.89. The number of hydrogen-bond acceptors (Lipinski definition) is 3. The first-order chi connectivity index (χ1) is 9.07. The molecule has 0 bridgehead atoms. The number of unbranched alkanes of at least 4 members (excludes halogenated alkanes) is 1. The van der Waals surface area contributed by atoms with Crippen LogP contribution in [0.3, 0.4) is 0 Å². The van der Waals surface area contributed by atoms with Crippen LogP contribution in [0.25, 0.3) is 0 Å². The summed E-state index contributed by atoms with van der Waals surface area (Å²) in [6, 6.07) is 3.08. The van der Waals surface area contributed by atoms with Crippen LogP contribution in [0, 0.1) is 16.7 Å². The van der Waals surface area contributed by atoms with Crippen LogP contribution in [-0.2, 0) is 0 Å². The van der Waals surface area contributed by atoms with Gasteiger partial charge in [0.25, 0.3) is 0 Å². The van der Waals surface area contributed by atoms with E-state index in [0.29, 0.717) is 6.04 Å². The van der Waals surface area contributed by atoms with Gasteiger partial charge in [0.15, 0.2) is 0 Å². The summed E-state index contributed by atoms with van der Waals surface area (Å²) in [5, 5.41) is 12.6. The molecule has 3 nitrogen and oxygen atoms in total. The molecule has 19 heavy (non-hydrogen) atoms. The summed E-state index contributed by atoms with van der Waals surface area (Å²) in [5.41, 5.74) is -0.151. The summed E-state index contributed by atoms with van der Waals surface area (Å²) < 4.78 is 0. The largest absolute Gasteiger partial charge is 0.313 e. The fourth-order valence-corrected chi connectivity index (χ4v) is 2.73. The van der Waals surface area contributed by atoms with Crippen molar-refractivity contribution >= 4 is 0 Å². The molecule has 0 aromatic heterocycles. The molecule has 0 saturated carbocycles. The van der Waals surface area contributed by atoms with E-state index in [1.165, 1.54) is 45.3 Å². The molecule has 1 atom stereocenters. The van der Waals surface area contributed by atoms with Gasteiger partial charge in [0.2, 0.25) is 0 Å². The normalized spacial score (nSPS) is 20.5. The Morgan fingerprint density at radius 1 is 1.32 bits per heavy atom. The van der Waals surface area contributed by atoms with Crippen molar-refractivity contribution in [3.8, 4) is 6.07 Å². The highest BCUT2D eigenvalue weighted by molar-refractivity contribution is 4.91. The van der Waals surface area contributed by atoms with E-state index in [1.807, 2.05) is 13.8 Å². The topological polar surface area (TPSA) is 39.1 Å². The first-order valence-electron chi connectivity index (χ1n) is 7.94. The number of likely N-dealkylation sites (N-methyl/N-ethyl adjacent to an activating group) is 1. The maximum atomic E-state index is 9.00. The number of nitrogens with zero attached hydrogens (tertiary/aromatic N) is 2. The quantitative estimate of drug-likeness (QED) is 0.685. The highest BCUT2D eigenvalue weighted by Crippen LogP contribution is 2.21. The second kappa shape index (κ2) is 8.55. The summed E-state index contributed by atoms with van der Waals surface area (Å²) in [6.45, 7) is 11.0. The molecule has 1 N–H and O–H groups in total. The standard InChI is InChI=1S/C16H31N3/c1-4-19(13-15-9-5-7-11-18-15)12-8-6-10-16(2,3)14-17/h15,18H,4-13H2,1-3H3. The number of hydrogen-bond donors (Lipinski definition) is 1. The number of nitrogens with one attached hydrogen (secondary N) is 1. The van der Waals surface area contributed by atoms with Crippen LogP contribution >= 0.6 is 0 Å². The third kappa shape index (κ3) is 6.94. The molecule has 110 valence electrons. The number of nitriles is 1. The van der Waals surface area contributed by atoms with E-state index in [1.54, 1.807) is 0 Å². The zero-order chi connectivity index (χ0) is 14.1. The molecule has 3 heteroatoms. The molecule has 1 unspecified atom stereocenters. The second-order valence-electron chi connectivity index (χ2n) is 6.49. The average Bonchev–Trinajstić information content (AvgIpc) is 2.43. The minimum absolute atomic E-state index is 0.151. The second-order valence-corrected chi connectivity index (χ2v) is 6.49. The van der Waals surface area contributed by atoms with Gasteiger partial charge in [-0.25, -0.2) is 0 Å². The first-order valence-corrected chi connectivity index (χ1v) is 7.94. The van der Waals surface area contributed by atoms with Crippen molar-refractivity contribution in [3.63, 3.8) is 0 Å². The van der Waals surface area contributed by atoms with Crippen LogP contribution in [0.15, 0.2) is 0 Å². The third-order valence-electron chi connectivity index (χ3n) is 4.17. The summed E-state index contributed by atoms with van der Waals surface area (Å²) in [5.74, 6) is 0. The Kier molecular flexibility index (Phi) is 7.41. The molecule has 0 aromatic rings. The van der Waals surface area contributed by atoms with Gasteiger partial charge < -0.3 is 10.2 Å². The van der Waals surface area contributed by atoms with Crippen LogP contribution in [0.1, 0.15) is 59.3 Å². The maximum absolute atomic E-state index is 9.00. The predicted octanol–water partition coefficient (Wildman–Crippen LogP) is 3.17. The SMILES string of the molecule is CCN(CCCCC(C)(C)C#N)CC1CCCCN1. The number of rotatable bonds is 8. The zero-order valence-corrected chi connectivity index (χ0v) is 13.0. The molecule has 1 aliphatic heterocycles. The van der Waals surface area contributed by atoms with Gasteiger partial charge in [-0.3, -0.25) is 0 Å². The third-order valence-corrected chi connectivity index (χ3v) is 4.17. The van der Waals surface area contributed by atoms with E-state index in [4.69, 9.17) is 5.26 Å². The van der Waals surface area contributed by atoms with Gasteiger partial charge in [-0.2, -0.15) is 5.26 Å². The van der Waals surface area contributed by atoms with Crippen molar-refractivity contribution in [1.29, 1.82) is 5.26 Å². The molecule has 0 spiro atoms. The molecule has 1 fully saturated rings. The summed E-state index contributed by atoms with van der Waals surface area (Å²) in [7, 11) is 0. The van der Waals surface area contributed by atoms with E-state index < -0.39 is 0 Å². The Morgan fingerprint density at radius 3 is 2.68 bits per heavy atom. The molecule has 0 amide bonds. The van der Waals surface area contributed by atoms with Gasteiger partial charge in [0.1, 0.15) is 0 Å². The van der Waals surface area contributed by atoms with Crippen LogP contribution < -0.4 is 5.32 Å². The monoisotopic (exact) mass is 265 g/mol. The van der Waals surface area contributed by atoms with Crippen molar-refractivity contribution in [2.75, 3.05) is 26.2 Å². The molecule has 1 saturated heterocycles. The Balaban J connectivity index is 2.16. The zero-order valence-electron chi connectivity index (χ0n) is 13.0. The van der Waals surface area contributed by atoms with Gasteiger partial charge in [-0.1, -0.05) is 19.8 Å². The highest BCUT2D eigenvalue weighted by atomic mass is 15.1. The Bertz CT molecular complexity index is 274. The Hall–Kier alpha value is -0.590. The minimum Gasteiger partial charge on any atom is -0.313 e. The van der Waals surface area contributed by atoms with E-state index in [-0.39, 0.29) is 5.41 Å². The fourth-order valence-electron chi connectivity index (χ4n) is 2.73. The molecular formula is C16H31N3. The van der Waals surface area contributed by atoms with Crippen molar-refractivity contribution in [2.24, 2.45) is 5.41 Å². The van der Waals surface area contributed by atoms with E-state index in [2.05, 4.69) is 23.2 Å². The molecule has 0 aromatic carbocycles. The van der Waals surface area contributed by atoms with E-state index >= 15 is 0 Å². The van der Waals surface area contributed by atoms with Crippen LogP contribution in [0.4, 0.5) is 0 Å². The average molecular weight is 265 g/mol. The highest BCUT2D eigenvalue weighted by Gasteiger charge is 2.17. The smallest absolute Gasteiger partial charge is 0.0683 e. The van der Waals surface area contributed by atoms with Gasteiger partial charge in [0.05, 0.1) is 11.5 Å². The van der Waals surface area contributed by atoms with E-state index in [0.717, 1.165) is 19.4 Å². The lowest BCUT2D eigenvalue weighted by molar-refractivity contribution is 0.226. The van der Waals surface area contributed by atoms with Crippen molar-refractivity contribution in [1.82, 2.24) is 10.2 Å². The van der Waals surface area contributed by atoms with Crippen LogP contribution in [0.2, 0.25) is 0 Å². The van der Waals surface area contributed by atoms with Gasteiger partial charge in [-0.15, -0.1) is 0 Å². The summed E-state index contributed by atoms with van der Waals surface area (Å²) >= 11 is 0. The molecule has 1 rings (SSSR count). The van der Waals surface area contributed by atoms with Crippen molar-refractivity contribution in [3.05, 3.63) is 0 Å². The maximum Gasteiger partial charge on any atom is 0.0683 e.